The third-order valence-electron chi connectivity index (χ3n) is 6.61. The van der Waals surface area contributed by atoms with Crippen molar-refractivity contribution in [1.82, 2.24) is 14.8 Å². The van der Waals surface area contributed by atoms with Gasteiger partial charge >= 0.3 is 0 Å². The number of carbonyl (C=O) groups is 1. The van der Waals surface area contributed by atoms with E-state index in [0.29, 0.717) is 45.3 Å². The average Bonchev–Trinajstić information content (AvgIpc) is 3.37. The molecule has 0 fully saturated rings. The Balaban J connectivity index is 1.54. The maximum atomic E-state index is 13.9. The van der Waals surface area contributed by atoms with Gasteiger partial charge < -0.3 is 24.8 Å². The van der Waals surface area contributed by atoms with Crippen molar-refractivity contribution < 1.29 is 19.0 Å². The van der Waals surface area contributed by atoms with Crippen LogP contribution in [0.1, 0.15) is 29.7 Å². The second-order valence-corrected chi connectivity index (χ2v) is 10.2. The number of benzene rings is 3. The summed E-state index contributed by atoms with van der Waals surface area (Å²) < 4.78 is 18.2. The van der Waals surface area contributed by atoms with Crippen LogP contribution in [0.5, 0.6) is 17.2 Å². The highest BCUT2D eigenvalue weighted by Gasteiger charge is 2.36. The van der Waals surface area contributed by atoms with Crippen molar-refractivity contribution in [2.45, 2.75) is 30.8 Å². The molecule has 2 N–H and O–H groups in total. The summed E-state index contributed by atoms with van der Waals surface area (Å²) in [6, 6.07) is 20.4. The topological polar surface area (TPSA) is 99.5 Å². The molecule has 0 unspecified atom stereocenters. The predicted molar refractivity (Wildman–Crippen MR) is 156 cm³/mol. The average molecular weight is 558 g/mol. The normalized spacial score (nSPS) is 14.3. The van der Waals surface area contributed by atoms with Crippen molar-refractivity contribution in [3.8, 4) is 17.2 Å². The van der Waals surface area contributed by atoms with E-state index in [4.69, 9.17) is 24.3 Å². The van der Waals surface area contributed by atoms with Crippen LogP contribution in [0.2, 0.25) is 0 Å². The van der Waals surface area contributed by atoms with Crippen LogP contribution >= 0.6 is 11.8 Å². The van der Waals surface area contributed by atoms with Gasteiger partial charge in [-0.2, -0.15) is 4.98 Å². The molecule has 5 rings (SSSR count). The Morgan fingerprint density at radius 3 is 2.42 bits per heavy atom. The Kier molecular flexibility index (Phi) is 7.97. The largest absolute Gasteiger partial charge is 0.497 e. The summed E-state index contributed by atoms with van der Waals surface area (Å²) in [5, 5.41) is 11.8. The Morgan fingerprint density at radius 2 is 1.73 bits per heavy atom. The summed E-state index contributed by atoms with van der Waals surface area (Å²) in [4.78, 5) is 18.6. The summed E-state index contributed by atoms with van der Waals surface area (Å²) in [5.41, 5.74) is 4.90. The molecule has 40 heavy (non-hydrogen) atoms. The second kappa shape index (κ2) is 11.7. The fraction of sp³-hybridized carbons (Fsp3) is 0.233. The maximum Gasteiger partial charge on any atom is 0.255 e. The van der Waals surface area contributed by atoms with Crippen molar-refractivity contribution in [2.24, 2.45) is 0 Å². The smallest absolute Gasteiger partial charge is 0.255 e. The van der Waals surface area contributed by atoms with Crippen molar-refractivity contribution in [3.05, 3.63) is 94.7 Å². The highest BCUT2D eigenvalue weighted by molar-refractivity contribution is 7.98. The van der Waals surface area contributed by atoms with Gasteiger partial charge in [0.1, 0.15) is 23.3 Å². The van der Waals surface area contributed by atoms with Crippen molar-refractivity contribution in [1.29, 1.82) is 0 Å². The lowest BCUT2D eigenvalue weighted by Gasteiger charge is -2.29. The zero-order chi connectivity index (χ0) is 28.2. The van der Waals surface area contributed by atoms with Gasteiger partial charge in [-0.25, -0.2) is 4.68 Å². The van der Waals surface area contributed by atoms with E-state index in [1.807, 2.05) is 31.2 Å². The lowest BCUT2D eigenvalue weighted by Crippen LogP contribution is -2.31. The molecule has 1 amide bonds. The molecule has 0 saturated heterocycles. The number of fused-ring (bicyclic) bond motifs is 1. The van der Waals surface area contributed by atoms with Crippen molar-refractivity contribution in [2.75, 3.05) is 32.0 Å². The van der Waals surface area contributed by atoms with E-state index in [1.165, 1.54) is 22.9 Å². The van der Waals surface area contributed by atoms with Crippen molar-refractivity contribution >= 4 is 29.3 Å². The number of anilines is 2. The van der Waals surface area contributed by atoms with E-state index in [-0.39, 0.29) is 5.91 Å². The highest BCUT2D eigenvalue weighted by atomic mass is 32.2. The van der Waals surface area contributed by atoms with E-state index >= 15 is 0 Å². The first-order chi connectivity index (χ1) is 19.4. The number of nitrogens with zero attached hydrogens (tertiary/aromatic N) is 3. The summed E-state index contributed by atoms with van der Waals surface area (Å²) in [7, 11) is 4.81. The first-order valence-electron chi connectivity index (χ1n) is 12.7. The molecule has 0 radical (unpaired) electrons. The number of rotatable bonds is 9. The van der Waals surface area contributed by atoms with E-state index in [2.05, 4.69) is 35.8 Å². The lowest BCUT2D eigenvalue weighted by atomic mass is 9.94. The first kappa shape index (κ1) is 27.1. The van der Waals surface area contributed by atoms with E-state index in [1.54, 1.807) is 50.3 Å². The van der Waals surface area contributed by atoms with Crippen molar-refractivity contribution in [3.63, 3.8) is 0 Å². The third-order valence-corrected chi connectivity index (χ3v) is 7.52. The van der Waals surface area contributed by atoms with Gasteiger partial charge in [-0.1, -0.05) is 41.6 Å². The molecular formula is C30H31N5O4S. The summed E-state index contributed by atoms with van der Waals surface area (Å²) in [6.45, 7) is 3.94. The van der Waals surface area contributed by atoms with Crippen LogP contribution in [0.4, 0.5) is 11.6 Å². The fourth-order valence-electron chi connectivity index (χ4n) is 4.65. The minimum atomic E-state index is -0.625. The quantitative estimate of drug-likeness (QED) is 0.248. The summed E-state index contributed by atoms with van der Waals surface area (Å²) in [5.74, 6) is 2.92. The van der Waals surface area contributed by atoms with Gasteiger partial charge in [0.05, 0.1) is 26.9 Å². The number of amides is 1. The van der Waals surface area contributed by atoms with Crippen LogP contribution < -0.4 is 24.8 Å². The molecule has 4 aromatic rings. The molecule has 1 aromatic heterocycles. The standard InChI is InChI=1S/C30H31N5O4S/c1-18-7-6-8-20(15-18)17-40-30-33-29-31-19(2)26(28(36)32-21-9-11-22(37-3)12-10-21)27(35(29)34-30)24-16-23(38-4)13-14-25(24)39-5/h6-16,27H,17H2,1-5H3,(H,32,36)(H,31,33,34)/t27-/m1/s1. The predicted octanol–water partition coefficient (Wildman–Crippen LogP) is 5.83. The van der Waals surface area contributed by atoms with Gasteiger partial charge in [-0.15, -0.1) is 5.10 Å². The maximum absolute atomic E-state index is 13.9. The monoisotopic (exact) mass is 557 g/mol. The number of thioether (sulfide) groups is 1. The summed E-state index contributed by atoms with van der Waals surface area (Å²) >= 11 is 1.54. The first-order valence-corrected chi connectivity index (χ1v) is 13.7. The molecule has 10 heteroatoms. The van der Waals surface area contributed by atoms with Crippen LogP contribution in [0.3, 0.4) is 0 Å². The minimum absolute atomic E-state index is 0.278. The molecule has 0 aliphatic carbocycles. The number of carbonyl (C=O) groups excluding carboxylic acids is 1. The minimum Gasteiger partial charge on any atom is -0.497 e. The van der Waals surface area contributed by atoms with Crippen LogP contribution in [0.15, 0.2) is 83.2 Å². The van der Waals surface area contributed by atoms with E-state index in [9.17, 15) is 4.79 Å². The lowest BCUT2D eigenvalue weighted by molar-refractivity contribution is -0.113. The Morgan fingerprint density at radius 1 is 0.975 bits per heavy atom. The number of aryl methyl sites for hydroxylation is 1. The number of ether oxygens (including phenoxy) is 3. The van der Waals surface area contributed by atoms with Gasteiger partial charge in [0, 0.05) is 22.7 Å². The van der Waals surface area contributed by atoms with Gasteiger partial charge in [-0.3, -0.25) is 4.79 Å². The van der Waals surface area contributed by atoms with Crippen LogP contribution in [-0.2, 0) is 10.5 Å². The highest BCUT2D eigenvalue weighted by Crippen LogP contribution is 2.41. The SMILES string of the molecule is COc1ccc(NC(=O)C2=C(C)Nc3nc(SCc4cccc(C)c4)nn3[C@@H]2c2cc(OC)ccc2OC)cc1. The zero-order valence-electron chi connectivity index (χ0n) is 23.0. The molecule has 1 atom stereocenters. The van der Waals surface area contributed by atoms with Crippen LogP contribution in [0, 0.1) is 6.92 Å². The molecule has 9 nitrogen and oxygen atoms in total. The van der Waals surface area contributed by atoms with E-state index in [0.717, 1.165) is 11.3 Å². The second-order valence-electron chi connectivity index (χ2n) is 9.30. The Hall–Kier alpha value is -4.44. The number of allylic oxidation sites excluding steroid dienone is 1. The summed E-state index contributed by atoms with van der Waals surface area (Å²) in [6.07, 6.45) is 0. The van der Waals surface area contributed by atoms with E-state index < -0.39 is 6.04 Å². The molecule has 1 aliphatic heterocycles. The molecule has 0 spiro atoms. The fourth-order valence-corrected chi connectivity index (χ4v) is 5.42. The number of hydrogen-bond donors (Lipinski definition) is 2. The number of nitrogens with one attached hydrogen (secondary N) is 2. The van der Waals surface area contributed by atoms with Crippen LogP contribution in [0.25, 0.3) is 0 Å². The molecule has 3 aromatic carbocycles. The molecule has 1 aliphatic rings. The Bertz CT molecular complexity index is 1560. The van der Waals surface area contributed by atoms with Gasteiger partial charge in [0.15, 0.2) is 0 Å². The number of aromatic nitrogens is 3. The third kappa shape index (κ3) is 5.62. The van der Waals surface area contributed by atoms with Gasteiger partial charge in [0.25, 0.3) is 5.91 Å². The molecule has 206 valence electrons. The van der Waals surface area contributed by atoms with Gasteiger partial charge in [0.2, 0.25) is 11.1 Å². The zero-order valence-corrected chi connectivity index (χ0v) is 23.8. The molecule has 2 heterocycles. The molecule has 0 saturated carbocycles. The molecule has 0 bridgehead atoms. The Labute approximate surface area is 237 Å². The number of hydrogen-bond acceptors (Lipinski definition) is 8. The molecular weight excluding hydrogens is 526 g/mol. The van der Waals surface area contributed by atoms with Gasteiger partial charge in [-0.05, 0) is 61.9 Å². The number of methoxy groups -OCH3 is 3. The van der Waals surface area contributed by atoms with Crippen LogP contribution in [-0.4, -0.2) is 42.0 Å².